The summed E-state index contributed by atoms with van der Waals surface area (Å²) in [6, 6.07) is 0. The van der Waals surface area contributed by atoms with Gasteiger partial charge >= 0.3 is 11.9 Å². The van der Waals surface area contributed by atoms with Crippen molar-refractivity contribution in [1.29, 1.82) is 0 Å². The second-order valence-corrected chi connectivity index (χ2v) is 4.56. The molecule has 17 heavy (non-hydrogen) atoms. The number of hydrogen-bond donors (Lipinski definition) is 2. The molecule has 2 unspecified atom stereocenters. The molecule has 4 heteroatoms. The molecule has 0 saturated heterocycles. The summed E-state index contributed by atoms with van der Waals surface area (Å²) in [5.74, 6) is -2.17. The van der Waals surface area contributed by atoms with Gasteiger partial charge < -0.3 is 10.2 Å². The van der Waals surface area contributed by atoms with Crippen LogP contribution < -0.4 is 0 Å². The van der Waals surface area contributed by atoms with E-state index < -0.39 is 22.8 Å². The van der Waals surface area contributed by atoms with E-state index in [-0.39, 0.29) is 0 Å². The summed E-state index contributed by atoms with van der Waals surface area (Å²) < 4.78 is 0. The molecule has 0 aromatic heterocycles. The van der Waals surface area contributed by atoms with Crippen molar-refractivity contribution < 1.29 is 19.8 Å². The quantitative estimate of drug-likeness (QED) is 0.738. The highest BCUT2D eigenvalue weighted by Gasteiger charge is 2.56. The van der Waals surface area contributed by atoms with Crippen molar-refractivity contribution in [2.75, 3.05) is 0 Å². The maximum absolute atomic E-state index is 11.5. The smallest absolute Gasteiger partial charge is 0.318 e. The Morgan fingerprint density at radius 2 is 2.00 bits per heavy atom. The van der Waals surface area contributed by atoms with E-state index in [0.717, 1.165) is 0 Å². The summed E-state index contributed by atoms with van der Waals surface area (Å²) in [7, 11) is 0. The van der Waals surface area contributed by atoms with E-state index in [4.69, 9.17) is 0 Å². The molecule has 1 rings (SSSR count). The third kappa shape index (κ3) is 1.99. The number of carbonyl (C=O) groups is 2. The minimum Gasteiger partial charge on any atom is -0.481 e. The van der Waals surface area contributed by atoms with Crippen LogP contribution in [-0.4, -0.2) is 22.2 Å². The van der Waals surface area contributed by atoms with Crippen LogP contribution >= 0.6 is 0 Å². The molecular formula is C13H18O4. The molecule has 0 aromatic rings. The first kappa shape index (κ1) is 13.5. The van der Waals surface area contributed by atoms with Gasteiger partial charge in [-0.3, -0.25) is 9.59 Å². The molecule has 0 aromatic carbocycles. The van der Waals surface area contributed by atoms with E-state index in [1.54, 1.807) is 12.2 Å². The first-order valence-electron chi connectivity index (χ1n) is 5.73. The van der Waals surface area contributed by atoms with E-state index in [9.17, 15) is 19.8 Å². The fraction of sp³-hybridized carbons (Fsp3) is 0.538. The number of allylic oxidation sites excluding steroid dienone is 2. The Bertz CT molecular complexity index is 383. The fourth-order valence-electron chi connectivity index (χ4n) is 2.24. The van der Waals surface area contributed by atoms with Crippen molar-refractivity contribution in [2.45, 2.75) is 33.1 Å². The van der Waals surface area contributed by atoms with E-state index in [1.807, 2.05) is 6.92 Å². The zero-order valence-electron chi connectivity index (χ0n) is 10.1. The largest absolute Gasteiger partial charge is 0.481 e. The zero-order valence-corrected chi connectivity index (χ0v) is 10.1. The lowest BCUT2D eigenvalue weighted by Gasteiger charge is -2.41. The molecule has 0 heterocycles. The average Bonchev–Trinajstić information content (AvgIpc) is 2.27. The van der Waals surface area contributed by atoms with Crippen LogP contribution in [0.5, 0.6) is 0 Å². The first-order valence-corrected chi connectivity index (χ1v) is 5.73. The standard InChI is InChI=1S/C13H18O4/c1-3-4-8-13(11(16)17)9-6-5-7-12(13,2)10(14)15/h4,6,8-9H,3,5,7H2,1-2H3,(H,14,15)(H,16,17). The van der Waals surface area contributed by atoms with E-state index in [1.165, 1.54) is 19.1 Å². The molecule has 1 aliphatic rings. The number of rotatable bonds is 4. The Morgan fingerprint density at radius 3 is 2.47 bits per heavy atom. The van der Waals surface area contributed by atoms with Gasteiger partial charge in [0, 0.05) is 0 Å². The molecule has 4 nitrogen and oxygen atoms in total. The highest BCUT2D eigenvalue weighted by molar-refractivity contribution is 5.90. The molecule has 0 bridgehead atoms. The Morgan fingerprint density at radius 1 is 1.35 bits per heavy atom. The molecule has 94 valence electrons. The lowest BCUT2D eigenvalue weighted by Crippen LogP contribution is -2.49. The lowest BCUT2D eigenvalue weighted by atomic mass is 9.59. The summed E-state index contributed by atoms with van der Waals surface area (Å²) in [6.07, 6.45) is 8.09. The Balaban J connectivity index is 3.38. The maximum atomic E-state index is 11.5. The molecule has 0 saturated carbocycles. The van der Waals surface area contributed by atoms with Crippen LogP contribution in [0.4, 0.5) is 0 Å². The van der Waals surface area contributed by atoms with Crippen LogP contribution in [0.15, 0.2) is 24.3 Å². The second-order valence-electron chi connectivity index (χ2n) is 4.56. The van der Waals surface area contributed by atoms with Gasteiger partial charge in [-0.25, -0.2) is 0 Å². The van der Waals surface area contributed by atoms with Gasteiger partial charge in [0.25, 0.3) is 0 Å². The molecule has 0 spiro atoms. The third-order valence-corrected chi connectivity index (χ3v) is 3.55. The molecule has 0 fully saturated rings. The van der Waals surface area contributed by atoms with Crippen LogP contribution in [-0.2, 0) is 9.59 Å². The predicted molar refractivity (Wildman–Crippen MR) is 63.6 cm³/mol. The number of carboxylic acids is 2. The Hall–Kier alpha value is -1.58. The predicted octanol–water partition coefficient (Wildman–Crippen LogP) is 2.46. The van der Waals surface area contributed by atoms with Gasteiger partial charge in [0.15, 0.2) is 0 Å². The van der Waals surface area contributed by atoms with Gasteiger partial charge in [-0.1, -0.05) is 31.2 Å². The minimum atomic E-state index is -1.44. The third-order valence-electron chi connectivity index (χ3n) is 3.55. The van der Waals surface area contributed by atoms with Crippen molar-refractivity contribution in [3.8, 4) is 0 Å². The van der Waals surface area contributed by atoms with Gasteiger partial charge in [-0.2, -0.15) is 0 Å². The van der Waals surface area contributed by atoms with Gasteiger partial charge in [0.1, 0.15) is 5.41 Å². The molecule has 2 N–H and O–H groups in total. The molecule has 2 atom stereocenters. The summed E-state index contributed by atoms with van der Waals surface area (Å²) in [5.41, 5.74) is -2.73. The summed E-state index contributed by atoms with van der Waals surface area (Å²) >= 11 is 0. The number of aliphatic carboxylic acids is 2. The monoisotopic (exact) mass is 238 g/mol. The molecular weight excluding hydrogens is 220 g/mol. The number of hydrogen-bond acceptors (Lipinski definition) is 2. The van der Waals surface area contributed by atoms with Gasteiger partial charge in [0.2, 0.25) is 0 Å². The van der Waals surface area contributed by atoms with Crippen LogP contribution in [0.2, 0.25) is 0 Å². The Labute approximate surface area is 101 Å². The van der Waals surface area contributed by atoms with Crippen molar-refractivity contribution in [2.24, 2.45) is 10.8 Å². The summed E-state index contributed by atoms with van der Waals surface area (Å²) in [4.78, 5) is 23.0. The summed E-state index contributed by atoms with van der Waals surface area (Å²) in [5, 5.41) is 18.8. The Kier molecular flexibility index (Phi) is 3.76. The highest BCUT2D eigenvalue weighted by Crippen LogP contribution is 2.49. The van der Waals surface area contributed by atoms with Crippen LogP contribution in [0, 0.1) is 10.8 Å². The topological polar surface area (TPSA) is 74.6 Å². The normalized spacial score (nSPS) is 32.8. The lowest BCUT2D eigenvalue weighted by molar-refractivity contribution is -0.165. The molecule has 0 radical (unpaired) electrons. The maximum Gasteiger partial charge on any atom is 0.318 e. The number of carboxylic acid groups (broad SMARTS) is 2. The minimum absolute atomic E-state index is 0.333. The van der Waals surface area contributed by atoms with Crippen molar-refractivity contribution >= 4 is 11.9 Å². The first-order chi connectivity index (χ1) is 7.90. The van der Waals surface area contributed by atoms with Crippen molar-refractivity contribution in [3.05, 3.63) is 24.3 Å². The van der Waals surface area contributed by atoms with Crippen molar-refractivity contribution in [1.82, 2.24) is 0 Å². The molecule has 1 aliphatic carbocycles. The fourth-order valence-corrected chi connectivity index (χ4v) is 2.24. The van der Waals surface area contributed by atoms with E-state index in [0.29, 0.717) is 19.3 Å². The average molecular weight is 238 g/mol. The molecule has 0 aliphatic heterocycles. The highest BCUT2D eigenvalue weighted by atomic mass is 16.4. The van der Waals surface area contributed by atoms with Gasteiger partial charge in [-0.15, -0.1) is 0 Å². The van der Waals surface area contributed by atoms with E-state index >= 15 is 0 Å². The van der Waals surface area contributed by atoms with Crippen LogP contribution in [0.25, 0.3) is 0 Å². The van der Waals surface area contributed by atoms with Gasteiger partial charge in [-0.05, 0) is 26.2 Å². The second kappa shape index (κ2) is 4.73. The van der Waals surface area contributed by atoms with E-state index in [2.05, 4.69) is 0 Å². The van der Waals surface area contributed by atoms with Crippen molar-refractivity contribution in [3.63, 3.8) is 0 Å². The molecule has 0 amide bonds. The van der Waals surface area contributed by atoms with Crippen LogP contribution in [0.3, 0.4) is 0 Å². The van der Waals surface area contributed by atoms with Gasteiger partial charge in [0.05, 0.1) is 5.41 Å². The zero-order chi connectivity index (χ0) is 13.1. The SMILES string of the molecule is CCC=CC1(C(=O)O)C=CCCC1(C)C(=O)O. The summed E-state index contributed by atoms with van der Waals surface area (Å²) in [6.45, 7) is 3.39. The van der Waals surface area contributed by atoms with Crippen LogP contribution in [0.1, 0.15) is 33.1 Å².